The summed E-state index contributed by atoms with van der Waals surface area (Å²) in [6, 6.07) is 0.898. The zero-order valence-electron chi connectivity index (χ0n) is 12.0. The molecule has 5 heteroatoms. The van der Waals surface area contributed by atoms with Gasteiger partial charge in [0.05, 0.1) is 0 Å². The quantitative estimate of drug-likeness (QED) is 0.265. The van der Waals surface area contributed by atoms with Crippen LogP contribution in [0.5, 0.6) is 0 Å². The third kappa shape index (κ3) is 6.93. The van der Waals surface area contributed by atoms with Gasteiger partial charge in [-0.2, -0.15) is 0 Å². The van der Waals surface area contributed by atoms with E-state index in [1.807, 2.05) is 13.5 Å². The van der Waals surface area contributed by atoms with Crippen molar-refractivity contribution < 1.29 is 18.4 Å². The fourth-order valence-corrected chi connectivity index (χ4v) is 4.23. The topological polar surface area (TPSA) is 44.8 Å². The van der Waals surface area contributed by atoms with E-state index in [0.29, 0.717) is 13.0 Å². The van der Waals surface area contributed by atoms with Gasteiger partial charge in [0.15, 0.2) is 6.29 Å². The Morgan fingerprint density at radius 2 is 2.00 bits per heavy atom. The molecule has 2 unspecified atom stereocenters. The van der Waals surface area contributed by atoms with Gasteiger partial charge in [-0.1, -0.05) is 33.8 Å². The van der Waals surface area contributed by atoms with E-state index in [1.165, 1.54) is 0 Å². The molecule has 0 aromatic heterocycles. The normalized spacial score (nSPS) is 15.8. The summed E-state index contributed by atoms with van der Waals surface area (Å²) in [5, 5.41) is 0. The van der Waals surface area contributed by atoms with Gasteiger partial charge in [0.2, 0.25) is 0 Å². The van der Waals surface area contributed by atoms with Crippen LogP contribution in [0.2, 0.25) is 12.6 Å². The molecule has 0 amide bonds. The molecule has 0 rings (SSSR count). The largest absolute Gasteiger partial charge is 0.434 e. The minimum atomic E-state index is -2.25. The first-order chi connectivity index (χ1) is 8.51. The summed E-state index contributed by atoms with van der Waals surface area (Å²) < 4.78 is 16.9. The van der Waals surface area contributed by atoms with Crippen LogP contribution >= 0.6 is 0 Å². The molecule has 0 aromatic carbocycles. The number of ether oxygens (including phenoxy) is 1. The van der Waals surface area contributed by atoms with E-state index < -0.39 is 20.8 Å². The molecule has 0 heterocycles. The molecule has 0 radical (unpaired) electrons. The SMILES string of the molecule is C=CC(=O)OC(CC)O[Si](C)(CCC)OCCC. The Bertz CT molecular complexity index is 257. The highest BCUT2D eigenvalue weighted by Crippen LogP contribution is 2.20. The molecular formula is C13H26O4Si. The highest BCUT2D eigenvalue weighted by Gasteiger charge is 2.34. The molecule has 18 heavy (non-hydrogen) atoms. The van der Waals surface area contributed by atoms with Crippen LogP contribution in [0, 0.1) is 0 Å². The van der Waals surface area contributed by atoms with E-state index in [1.54, 1.807) is 0 Å². The molecule has 0 N–H and O–H groups in total. The second kappa shape index (κ2) is 9.30. The van der Waals surface area contributed by atoms with Crippen molar-refractivity contribution in [1.29, 1.82) is 0 Å². The number of carbonyl (C=O) groups is 1. The lowest BCUT2D eigenvalue weighted by atomic mass is 10.5. The molecule has 0 aliphatic rings. The van der Waals surface area contributed by atoms with Gasteiger partial charge < -0.3 is 13.6 Å². The highest BCUT2D eigenvalue weighted by atomic mass is 28.4. The summed E-state index contributed by atoms with van der Waals surface area (Å²) in [5.41, 5.74) is 0. The summed E-state index contributed by atoms with van der Waals surface area (Å²) in [7, 11) is -2.25. The minimum absolute atomic E-state index is 0.454. The Morgan fingerprint density at radius 1 is 1.33 bits per heavy atom. The zero-order chi connectivity index (χ0) is 14.0. The predicted molar refractivity (Wildman–Crippen MR) is 74.4 cm³/mol. The van der Waals surface area contributed by atoms with Crippen LogP contribution in [-0.2, 0) is 18.4 Å². The minimum Gasteiger partial charge on any atom is -0.434 e. The zero-order valence-corrected chi connectivity index (χ0v) is 13.0. The van der Waals surface area contributed by atoms with Crippen molar-refractivity contribution >= 4 is 14.5 Å². The van der Waals surface area contributed by atoms with E-state index in [0.717, 1.165) is 25.0 Å². The molecule has 0 aromatic rings. The van der Waals surface area contributed by atoms with Gasteiger partial charge >= 0.3 is 14.5 Å². The Labute approximate surface area is 112 Å². The smallest absolute Gasteiger partial charge is 0.337 e. The average Bonchev–Trinajstić information content (AvgIpc) is 2.35. The van der Waals surface area contributed by atoms with Crippen LogP contribution in [0.4, 0.5) is 0 Å². The molecular weight excluding hydrogens is 248 g/mol. The van der Waals surface area contributed by atoms with Crippen molar-refractivity contribution in [2.75, 3.05) is 6.61 Å². The predicted octanol–water partition coefficient (Wildman–Crippen LogP) is 3.38. The van der Waals surface area contributed by atoms with Gasteiger partial charge in [-0.25, -0.2) is 4.79 Å². The standard InChI is InChI=1S/C13H26O4Si/c1-6-10-15-18(5,11-7-2)17-13(9-4)16-12(14)8-3/h8,13H,3,6-7,9-11H2,1-2,4-5H3. The fraction of sp³-hybridized carbons (Fsp3) is 0.769. The monoisotopic (exact) mass is 274 g/mol. The second-order valence-electron chi connectivity index (χ2n) is 4.33. The van der Waals surface area contributed by atoms with Crippen molar-refractivity contribution in [2.45, 2.75) is 58.9 Å². The van der Waals surface area contributed by atoms with Crippen molar-refractivity contribution in [1.82, 2.24) is 0 Å². The van der Waals surface area contributed by atoms with Gasteiger partial charge in [-0.3, -0.25) is 0 Å². The molecule has 2 atom stereocenters. The molecule has 0 spiro atoms. The first kappa shape index (κ1) is 17.3. The second-order valence-corrected chi connectivity index (χ2v) is 7.62. The first-order valence-electron chi connectivity index (χ1n) is 6.66. The average molecular weight is 274 g/mol. The van der Waals surface area contributed by atoms with E-state index in [9.17, 15) is 4.79 Å². The fourth-order valence-electron chi connectivity index (χ4n) is 1.58. The van der Waals surface area contributed by atoms with Crippen molar-refractivity contribution in [2.24, 2.45) is 0 Å². The van der Waals surface area contributed by atoms with Gasteiger partial charge in [0.25, 0.3) is 0 Å². The molecule has 0 aliphatic carbocycles. The molecule has 0 bridgehead atoms. The van der Waals surface area contributed by atoms with Crippen molar-refractivity contribution in [3.63, 3.8) is 0 Å². The molecule has 0 fully saturated rings. The third-order valence-corrected chi connectivity index (χ3v) is 5.43. The summed E-state index contributed by atoms with van der Waals surface area (Å²) in [6.45, 7) is 12.2. The van der Waals surface area contributed by atoms with Crippen LogP contribution in [0.1, 0.15) is 40.0 Å². The molecule has 0 aliphatic heterocycles. The van der Waals surface area contributed by atoms with Crippen molar-refractivity contribution in [3.8, 4) is 0 Å². The Hall–Kier alpha value is -0.653. The molecule has 0 saturated heterocycles. The lowest BCUT2D eigenvalue weighted by molar-refractivity contribution is -0.161. The number of hydrogen-bond donors (Lipinski definition) is 0. The van der Waals surface area contributed by atoms with E-state index in [4.69, 9.17) is 13.6 Å². The summed E-state index contributed by atoms with van der Waals surface area (Å²) in [4.78, 5) is 11.2. The summed E-state index contributed by atoms with van der Waals surface area (Å²) >= 11 is 0. The maximum atomic E-state index is 11.2. The number of hydrogen-bond acceptors (Lipinski definition) is 4. The highest BCUT2D eigenvalue weighted by molar-refractivity contribution is 6.66. The Morgan fingerprint density at radius 3 is 2.44 bits per heavy atom. The molecule has 0 saturated carbocycles. The summed E-state index contributed by atoms with van der Waals surface area (Å²) in [5.74, 6) is -0.454. The number of carbonyl (C=O) groups excluding carboxylic acids is 1. The Kier molecular flexibility index (Phi) is 8.96. The third-order valence-electron chi connectivity index (χ3n) is 2.44. The number of rotatable bonds is 10. The lowest BCUT2D eigenvalue weighted by Crippen LogP contribution is -2.43. The van der Waals surface area contributed by atoms with Crippen LogP contribution < -0.4 is 0 Å². The van der Waals surface area contributed by atoms with E-state index in [-0.39, 0.29) is 0 Å². The van der Waals surface area contributed by atoms with Gasteiger partial charge in [-0.05, 0) is 19.0 Å². The van der Waals surface area contributed by atoms with E-state index >= 15 is 0 Å². The summed E-state index contributed by atoms with van der Waals surface area (Å²) in [6.07, 6.45) is 3.19. The molecule has 4 nitrogen and oxygen atoms in total. The van der Waals surface area contributed by atoms with Gasteiger partial charge in [0.1, 0.15) is 0 Å². The maximum absolute atomic E-state index is 11.2. The van der Waals surface area contributed by atoms with Gasteiger partial charge in [-0.15, -0.1) is 0 Å². The first-order valence-corrected chi connectivity index (χ1v) is 9.18. The van der Waals surface area contributed by atoms with Crippen LogP contribution in [-0.4, -0.2) is 27.4 Å². The van der Waals surface area contributed by atoms with E-state index in [2.05, 4.69) is 20.4 Å². The van der Waals surface area contributed by atoms with Crippen molar-refractivity contribution in [3.05, 3.63) is 12.7 Å². The lowest BCUT2D eigenvalue weighted by Gasteiger charge is -2.30. The van der Waals surface area contributed by atoms with Gasteiger partial charge in [0, 0.05) is 19.1 Å². The van der Waals surface area contributed by atoms with Crippen LogP contribution in [0.3, 0.4) is 0 Å². The maximum Gasteiger partial charge on any atom is 0.337 e. The number of esters is 1. The Balaban J connectivity index is 4.50. The van der Waals surface area contributed by atoms with Crippen LogP contribution in [0.25, 0.3) is 0 Å². The molecule has 106 valence electrons. The van der Waals surface area contributed by atoms with Crippen LogP contribution in [0.15, 0.2) is 12.7 Å².